The van der Waals surface area contributed by atoms with Crippen LogP contribution in [0.5, 0.6) is 5.75 Å². The molecule has 9 nitrogen and oxygen atoms in total. The number of nitrogens with one attached hydrogen (secondary N) is 1. The van der Waals surface area contributed by atoms with E-state index in [9.17, 15) is 20.0 Å². The number of rotatable bonds is 4. The minimum absolute atomic E-state index is 0.214. The van der Waals surface area contributed by atoms with Gasteiger partial charge in [-0.3, -0.25) is 14.9 Å². The molecule has 0 radical (unpaired) electrons. The Balaban J connectivity index is 2.27. The average molecular weight is 291 g/mol. The topological polar surface area (TPSA) is 123 Å². The fourth-order valence-electron chi connectivity index (χ4n) is 1.89. The van der Waals surface area contributed by atoms with Crippen molar-refractivity contribution < 1.29 is 14.8 Å². The smallest absolute Gasteiger partial charge is 0.282 e. The highest BCUT2D eigenvalue weighted by molar-refractivity contribution is 5.98. The largest absolute Gasteiger partial charge is 0.508 e. The van der Waals surface area contributed by atoms with Gasteiger partial charge in [0.15, 0.2) is 5.82 Å². The summed E-state index contributed by atoms with van der Waals surface area (Å²) in [5, 5.41) is 30.5. The summed E-state index contributed by atoms with van der Waals surface area (Å²) < 4.78 is 1.63. The van der Waals surface area contributed by atoms with Crippen LogP contribution in [0.2, 0.25) is 0 Å². The number of nitro groups is 1. The van der Waals surface area contributed by atoms with Gasteiger partial charge in [0.25, 0.3) is 11.6 Å². The first-order valence-electron chi connectivity index (χ1n) is 6.02. The second-order valence-electron chi connectivity index (χ2n) is 4.45. The van der Waals surface area contributed by atoms with Crippen molar-refractivity contribution in [2.75, 3.05) is 0 Å². The van der Waals surface area contributed by atoms with Gasteiger partial charge in [-0.15, -0.1) is 10.2 Å². The molecular formula is C12H13N5O4. The molecule has 1 aromatic heterocycles. The summed E-state index contributed by atoms with van der Waals surface area (Å²) in [5.41, 5.74) is -0.593. The monoisotopic (exact) mass is 291 g/mol. The van der Waals surface area contributed by atoms with Gasteiger partial charge in [-0.05, 0) is 19.1 Å². The number of carbonyl (C=O) groups excluding carboxylic acids is 1. The Morgan fingerprint density at radius 1 is 1.52 bits per heavy atom. The molecule has 0 bridgehead atoms. The lowest BCUT2D eigenvalue weighted by Crippen LogP contribution is -2.29. The second-order valence-corrected chi connectivity index (χ2v) is 4.45. The van der Waals surface area contributed by atoms with Gasteiger partial charge in [-0.2, -0.15) is 0 Å². The maximum absolute atomic E-state index is 12.2. The number of aromatic nitrogens is 3. The Kier molecular flexibility index (Phi) is 3.83. The van der Waals surface area contributed by atoms with Crippen molar-refractivity contribution in [2.45, 2.75) is 13.0 Å². The predicted molar refractivity (Wildman–Crippen MR) is 71.6 cm³/mol. The number of amides is 1. The molecule has 0 aliphatic heterocycles. The summed E-state index contributed by atoms with van der Waals surface area (Å²) in [5.74, 6) is -0.392. The van der Waals surface area contributed by atoms with Crippen molar-refractivity contribution >= 4 is 11.6 Å². The lowest BCUT2D eigenvalue weighted by atomic mass is 10.1. The van der Waals surface area contributed by atoms with Gasteiger partial charge in [0, 0.05) is 13.1 Å². The minimum Gasteiger partial charge on any atom is -0.508 e. The Bertz CT molecular complexity index is 697. The number of nitrogens with zero attached hydrogens (tertiary/aromatic N) is 4. The molecular weight excluding hydrogens is 278 g/mol. The third kappa shape index (κ3) is 2.96. The quantitative estimate of drug-likeness (QED) is 0.637. The van der Waals surface area contributed by atoms with E-state index in [1.807, 2.05) is 0 Å². The molecule has 0 saturated heterocycles. The van der Waals surface area contributed by atoms with Gasteiger partial charge in [0.2, 0.25) is 0 Å². The molecule has 1 aromatic carbocycles. The zero-order valence-corrected chi connectivity index (χ0v) is 11.3. The number of aromatic hydroxyl groups is 1. The van der Waals surface area contributed by atoms with E-state index in [2.05, 4.69) is 15.5 Å². The van der Waals surface area contributed by atoms with E-state index >= 15 is 0 Å². The van der Waals surface area contributed by atoms with Crippen LogP contribution in [0.1, 0.15) is 29.1 Å². The fraction of sp³-hybridized carbons (Fsp3) is 0.250. The van der Waals surface area contributed by atoms with Crippen LogP contribution in [0, 0.1) is 10.1 Å². The number of carbonyl (C=O) groups is 1. The number of aryl methyl sites for hydroxylation is 1. The maximum atomic E-state index is 12.2. The fourth-order valence-corrected chi connectivity index (χ4v) is 1.89. The van der Waals surface area contributed by atoms with E-state index in [0.717, 1.165) is 18.2 Å². The highest BCUT2D eigenvalue weighted by atomic mass is 16.6. The van der Waals surface area contributed by atoms with Crippen molar-refractivity contribution in [2.24, 2.45) is 7.05 Å². The molecule has 1 amide bonds. The molecule has 2 N–H and O–H groups in total. The molecule has 2 rings (SSSR count). The lowest BCUT2D eigenvalue weighted by molar-refractivity contribution is -0.385. The maximum Gasteiger partial charge on any atom is 0.282 e. The Hall–Kier alpha value is -2.97. The summed E-state index contributed by atoms with van der Waals surface area (Å²) in [6, 6.07) is 2.79. The molecule has 0 fully saturated rings. The van der Waals surface area contributed by atoms with Crippen LogP contribution < -0.4 is 5.32 Å². The summed E-state index contributed by atoms with van der Waals surface area (Å²) in [6.07, 6.45) is 1.48. The predicted octanol–water partition coefficient (Wildman–Crippen LogP) is 0.920. The number of benzene rings is 1. The number of phenols is 1. The second kappa shape index (κ2) is 5.57. The molecule has 9 heteroatoms. The van der Waals surface area contributed by atoms with E-state index < -0.39 is 16.9 Å². The van der Waals surface area contributed by atoms with E-state index in [4.69, 9.17) is 0 Å². The van der Waals surface area contributed by atoms with Gasteiger partial charge in [0.05, 0.1) is 11.0 Å². The van der Waals surface area contributed by atoms with Gasteiger partial charge in [0.1, 0.15) is 17.6 Å². The Labute approximate surface area is 119 Å². The first-order valence-corrected chi connectivity index (χ1v) is 6.02. The van der Waals surface area contributed by atoms with Crippen LogP contribution in [0.25, 0.3) is 0 Å². The van der Waals surface area contributed by atoms with E-state index in [1.54, 1.807) is 18.5 Å². The molecule has 21 heavy (non-hydrogen) atoms. The zero-order chi connectivity index (χ0) is 15.6. The first-order chi connectivity index (χ1) is 9.90. The Morgan fingerprint density at radius 3 is 2.81 bits per heavy atom. The average Bonchev–Trinajstić information content (AvgIpc) is 2.84. The lowest BCUT2D eigenvalue weighted by Gasteiger charge is -2.13. The highest BCUT2D eigenvalue weighted by Crippen LogP contribution is 2.23. The summed E-state index contributed by atoms with van der Waals surface area (Å²) >= 11 is 0. The molecule has 1 unspecified atom stereocenters. The SMILES string of the molecule is CC(NC(=O)c1cc(O)ccc1[N+](=O)[O-])c1nncn1C. The van der Waals surface area contributed by atoms with Crippen LogP contribution in [0.4, 0.5) is 5.69 Å². The number of phenolic OH excluding ortho intramolecular Hbond substituents is 1. The van der Waals surface area contributed by atoms with Gasteiger partial charge < -0.3 is 15.0 Å². The highest BCUT2D eigenvalue weighted by Gasteiger charge is 2.23. The van der Waals surface area contributed by atoms with Crippen LogP contribution >= 0.6 is 0 Å². The van der Waals surface area contributed by atoms with Crippen LogP contribution in [-0.2, 0) is 7.05 Å². The first kappa shape index (κ1) is 14.4. The van der Waals surface area contributed by atoms with Crippen LogP contribution in [0.15, 0.2) is 24.5 Å². The molecule has 0 saturated carbocycles. The number of hydrogen-bond acceptors (Lipinski definition) is 6. The standard InChI is InChI=1S/C12H13N5O4/c1-7(11-15-13-6-16(11)2)14-12(19)9-5-8(18)3-4-10(9)17(20)21/h3-7,18H,1-2H3,(H,14,19). The van der Waals surface area contributed by atoms with E-state index in [-0.39, 0.29) is 17.0 Å². The van der Waals surface area contributed by atoms with Crippen molar-refractivity contribution in [1.29, 1.82) is 0 Å². The Morgan fingerprint density at radius 2 is 2.24 bits per heavy atom. The third-order valence-electron chi connectivity index (χ3n) is 2.90. The molecule has 110 valence electrons. The normalized spacial score (nSPS) is 11.9. The van der Waals surface area contributed by atoms with Crippen molar-refractivity contribution in [1.82, 2.24) is 20.1 Å². The molecule has 0 aliphatic rings. The summed E-state index contributed by atoms with van der Waals surface area (Å²) in [4.78, 5) is 22.4. The number of nitro benzene ring substituents is 1. The van der Waals surface area contributed by atoms with E-state index in [1.165, 1.54) is 6.33 Å². The number of hydrogen-bond donors (Lipinski definition) is 2. The van der Waals surface area contributed by atoms with Gasteiger partial charge in [-0.25, -0.2) is 0 Å². The molecule has 1 heterocycles. The van der Waals surface area contributed by atoms with Gasteiger partial charge in [-0.1, -0.05) is 0 Å². The van der Waals surface area contributed by atoms with Crippen molar-refractivity contribution in [3.8, 4) is 5.75 Å². The third-order valence-corrected chi connectivity index (χ3v) is 2.90. The minimum atomic E-state index is -0.679. The summed E-state index contributed by atoms with van der Waals surface area (Å²) in [7, 11) is 1.72. The molecule has 1 atom stereocenters. The van der Waals surface area contributed by atoms with Crippen LogP contribution in [-0.4, -0.2) is 30.7 Å². The van der Waals surface area contributed by atoms with Crippen LogP contribution in [0.3, 0.4) is 0 Å². The molecule has 2 aromatic rings. The molecule has 0 aliphatic carbocycles. The molecule has 0 spiro atoms. The van der Waals surface area contributed by atoms with Gasteiger partial charge >= 0.3 is 0 Å². The van der Waals surface area contributed by atoms with E-state index in [0.29, 0.717) is 5.82 Å². The van der Waals surface area contributed by atoms with Crippen molar-refractivity contribution in [3.05, 3.63) is 46.0 Å². The summed E-state index contributed by atoms with van der Waals surface area (Å²) in [6.45, 7) is 1.68. The van der Waals surface area contributed by atoms with Crippen molar-refractivity contribution in [3.63, 3.8) is 0 Å². The zero-order valence-electron chi connectivity index (χ0n) is 11.3.